The molecule has 0 spiro atoms. The number of allylic oxidation sites excluding steroid dienone is 1. The molecule has 0 aliphatic rings. The monoisotopic (exact) mass is 294 g/mol. The molecule has 0 bridgehead atoms. The molecule has 0 saturated heterocycles. The number of carbonyl (C=O) groups is 2. The first-order valence-electron chi connectivity index (χ1n) is 7.19. The fourth-order valence-electron chi connectivity index (χ4n) is 2.04. The minimum Gasteiger partial charge on any atom is -0.508 e. The summed E-state index contributed by atoms with van der Waals surface area (Å²) in [5.41, 5.74) is 1.91. The largest absolute Gasteiger partial charge is 0.508 e. The number of phenols is 1. The smallest absolute Gasteiger partial charge is 0.163 e. The van der Waals surface area contributed by atoms with E-state index in [0.29, 0.717) is 12.8 Å². The molecule has 0 heterocycles. The Bertz CT molecular complexity index is 655. The lowest BCUT2D eigenvalue weighted by molar-refractivity contribution is -0.124. The van der Waals surface area contributed by atoms with Crippen molar-refractivity contribution in [3.8, 4) is 5.75 Å². The molecule has 2 aromatic carbocycles. The lowest BCUT2D eigenvalue weighted by atomic mass is 10.0. The maximum Gasteiger partial charge on any atom is 0.163 e. The van der Waals surface area contributed by atoms with Crippen LogP contribution in [0.15, 0.2) is 60.7 Å². The van der Waals surface area contributed by atoms with Crippen LogP contribution in [0.4, 0.5) is 0 Å². The molecule has 1 N–H and O–H groups in total. The Kier molecular flexibility index (Phi) is 5.66. The summed E-state index contributed by atoms with van der Waals surface area (Å²) in [6.45, 7) is 0. The van der Waals surface area contributed by atoms with Gasteiger partial charge in [-0.2, -0.15) is 0 Å². The van der Waals surface area contributed by atoms with E-state index < -0.39 is 0 Å². The highest BCUT2D eigenvalue weighted by Crippen LogP contribution is 2.11. The third-order valence-corrected chi connectivity index (χ3v) is 3.26. The summed E-state index contributed by atoms with van der Waals surface area (Å²) in [7, 11) is 0. The number of hydrogen-bond donors (Lipinski definition) is 1. The summed E-state index contributed by atoms with van der Waals surface area (Å²) in [6, 6.07) is 16.2. The van der Waals surface area contributed by atoms with Gasteiger partial charge in [0.25, 0.3) is 0 Å². The zero-order valence-corrected chi connectivity index (χ0v) is 12.2. The Labute approximate surface area is 129 Å². The molecule has 0 saturated carbocycles. The maximum absolute atomic E-state index is 11.8. The normalized spacial score (nSPS) is 10.7. The molecule has 0 aromatic heterocycles. The topological polar surface area (TPSA) is 54.4 Å². The molecule has 3 nitrogen and oxygen atoms in total. The van der Waals surface area contributed by atoms with Crippen LogP contribution >= 0.6 is 0 Å². The van der Waals surface area contributed by atoms with Crippen LogP contribution in [0, 0.1) is 0 Å². The minimum atomic E-state index is -0.181. The van der Waals surface area contributed by atoms with E-state index in [9.17, 15) is 14.7 Å². The van der Waals surface area contributed by atoms with E-state index in [1.807, 2.05) is 30.3 Å². The summed E-state index contributed by atoms with van der Waals surface area (Å²) in [6.07, 6.45) is 4.01. The summed E-state index contributed by atoms with van der Waals surface area (Å²) < 4.78 is 0. The molecule has 0 amide bonds. The molecule has 3 heteroatoms. The third kappa shape index (κ3) is 5.37. The highest BCUT2D eigenvalue weighted by atomic mass is 16.3. The number of hydrogen-bond acceptors (Lipinski definition) is 3. The van der Waals surface area contributed by atoms with E-state index in [-0.39, 0.29) is 23.7 Å². The van der Waals surface area contributed by atoms with Gasteiger partial charge in [-0.25, -0.2) is 0 Å². The lowest BCUT2D eigenvalue weighted by Gasteiger charge is -2.01. The fourth-order valence-corrected chi connectivity index (χ4v) is 2.04. The van der Waals surface area contributed by atoms with Gasteiger partial charge in [-0.3, -0.25) is 9.59 Å². The number of rotatable bonds is 7. The van der Waals surface area contributed by atoms with E-state index in [1.54, 1.807) is 30.3 Å². The van der Waals surface area contributed by atoms with E-state index in [4.69, 9.17) is 0 Å². The van der Waals surface area contributed by atoms with Crippen molar-refractivity contribution in [3.05, 3.63) is 71.8 Å². The van der Waals surface area contributed by atoms with Gasteiger partial charge >= 0.3 is 0 Å². The molecule has 0 unspecified atom stereocenters. The molecule has 0 aliphatic carbocycles. The van der Waals surface area contributed by atoms with Crippen molar-refractivity contribution in [2.45, 2.75) is 19.3 Å². The zero-order valence-electron chi connectivity index (χ0n) is 12.2. The van der Waals surface area contributed by atoms with Gasteiger partial charge < -0.3 is 5.11 Å². The van der Waals surface area contributed by atoms with Crippen LogP contribution in [0.25, 0.3) is 6.08 Å². The molecular formula is C19H18O3. The first-order valence-corrected chi connectivity index (χ1v) is 7.19. The number of ketones is 2. The number of phenolic OH excluding ortho intramolecular Hbond substituents is 1. The summed E-state index contributed by atoms with van der Waals surface area (Å²) in [5.74, 6) is -0.0494. The van der Waals surface area contributed by atoms with Crippen molar-refractivity contribution in [1.82, 2.24) is 0 Å². The summed E-state index contributed by atoms with van der Waals surface area (Å²) in [4.78, 5) is 23.5. The average Bonchev–Trinajstić information content (AvgIpc) is 2.53. The van der Waals surface area contributed by atoms with Crippen LogP contribution in [0.3, 0.4) is 0 Å². The van der Waals surface area contributed by atoms with Gasteiger partial charge in [-0.05, 0) is 35.8 Å². The number of aryl methyl sites for hydroxylation is 1. The highest BCUT2D eigenvalue weighted by Gasteiger charge is 2.07. The van der Waals surface area contributed by atoms with Crippen molar-refractivity contribution < 1.29 is 14.7 Å². The van der Waals surface area contributed by atoms with E-state index >= 15 is 0 Å². The van der Waals surface area contributed by atoms with Crippen molar-refractivity contribution in [3.63, 3.8) is 0 Å². The lowest BCUT2D eigenvalue weighted by Crippen LogP contribution is -2.06. The highest BCUT2D eigenvalue weighted by molar-refractivity contribution is 6.06. The van der Waals surface area contributed by atoms with Crippen LogP contribution < -0.4 is 0 Å². The van der Waals surface area contributed by atoms with Gasteiger partial charge in [0.1, 0.15) is 11.5 Å². The maximum atomic E-state index is 11.8. The third-order valence-electron chi connectivity index (χ3n) is 3.26. The molecular weight excluding hydrogens is 276 g/mol. The van der Waals surface area contributed by atoms with Gasteiger partial charge in [0, 0.05) is 6.42 Å². The first-order chi connectivity index (χ1) is 10.6. The van der Waals surface area contributed by atoms with Gasteiger partial charge in [-0.1, -0.05) is 48.5 Å². The van der Waals surface area contributed by atoms with Gasteiger partial charge in [0.05, 0.1) is 6.42 Å². The van der Waals surface area contributed by atoms with Gasteiger partial charge in [0.2, 0.25) is 0 Å². The molecule has 112 valence electrons. The van der Waals surface area contributed by atoms with Crippen LogP contribution in [0.5, 0.6) is 5.75 Å². The van der Waals surface area contributed by atoms with Crippen LogP contribution in [-0.4, -0.2) is 16.7 Å². The van der Waals surface area contributed by atoms with Crippen molar-refractivity contribution in [2.75, 3.05) is 0 Å². The Hall–Kier alpha value is -2.68. The quantitative estimate of drug-likeness (QED) is 0.627. The number of benzene rings is 2. The Morgan fingerprint density at radius 2 is 1.64 bits per heavy atom. The van der Waals surface area contributed by atoms with Gasteiger partial charge in [0.15, 0.2) is 5.78 Å². The van der Waals surface area contributed by atoms with Crippen molar-refractivity contribution in [1.29, 1.82) is 0 Å². The fraction of sp³-hybridized carbons (Fsp3) is 0.158. The second-order valence-electron chi connectivity index (χ2n) is 5.09. The Morgan fingerprint density at radius 1 is 0.955 bits per heavy atom. The molecule has 22 heavy (non-hydrogen) atoms. The van der Waals surface area contributed by atoms with Crippen LogP contribution in [0.1, 0.15) is 24.0 Å². The predicted molar refractivity (Wildman–Crippen MR) is 86.5 cm³/mol. The van der Waals surface area contributed by atoms with Crippen LogP contribution in [0.2, 0.25) is 0 Å². The number of Topliss-reactive ketones (excluding diaryl/α,β-unsaturated/α-hetero) is 1. The Balaban J connectivity index is 1.78. The van der Waals surface area contributed by atoms with E-state index in [1.165, 1.54) is 6.08 Å². The SMILES string of the molecule is O=C(/C=C/c1ccccc1)CC(=O)CCc1ccc(O)cc1. The standard InChI is InChI=1S/C19H18O3/c20-17-10-6-16(7-11-17)9-13-19(22)14-18(21)12-8-15-4-2-1-3-5-15/h1-8,10-12,20H,9,13-14H2/b12-8+. The second kappa shape index (κ2) is 7.93. The predicted octanol–water partition coefficient (Wildman–Crippen LogP) is 3.57. The van der Waals surface area contributed by atoms with Crippen LogP contribution in [-0.2, 0) is 16.0 Å². The summed E-state index contributed by atoms with van der Waals surface area (Å²) in [5, 5.41) is 9.19. The Morgan fingerprint density at radius 3 is 2.32 bits per heavy atom. The second-order valence-corrected chi connectivity index (χ2v) is 5.09. The molecule has 0 fully saturated rings. The van der Waals surface area contributed by atoms with E-state index in [2.05, 4.69) is 0 Å². The van der Waals surface area contributed by atoms with Gasteiger partial charge in [-0.15, -0.1) is 0 Å². The first kappa shape index (κ1) is 15.7. The number of aromatic hydroxyl groups is 1. The average molecular weight is 294 g/mol. The van der Waals surface area contributed by atoms with Crippen molar-refractivity contribution >= 4 is 17.6 Å². The molecule has 0 radical (unpaired) electrons. The zero-order chi connectivity index (χ0) is 15.8. The molecule has 0 atom stereocenters. The molecule has 2 rings (SSSR count). The molecule has 2 aromatic rings. The number of carbonyl (C=O) groups excluding carboxylic acids is 2. The summed E-state index contributed by atoms with van der Waals surface area (Å²) >= 11 is 0. The van der Waals surface area contributed by atoms with E-state index in [0.717, 1.165) is 11.1 Å². The molecule has 0 aliphatic heterocycles. The van der Waals surface area contributed by atoms with Crippen molar-refractivity contribution in [2.24, 2.45) is 0 Å². The minimum absolute atomic E-state index is 0.0680.